The zero-order valence-electron chi connectivity index (χ0n) is 8.07. The van der Waals surface area contributed by atoms with Crippen molar-refractivity contribution in [3.63, 3.8) is 0 Å². The molecule has 0 aliphatic carbocycles. The summed E-state index contributed by atoms with van der Waals surface area (Å²) in [4.78, 5) is 29.8. The van der Waals surface area contributed by atoms with Gasteiger partial charge in [0.05, 0.1) is 4.92 Å². The Morgan fingerprint density at radius 2 is 1.56 bits per heavy atom. The fourth-order valence-corrected chi connectivity index (χ4v) is 1.14. The molecule has 0 spiro atoms. The van der Waals surface area contributed by atoms with Crippen molar-refractivity contribution >= 4 is 59.6 Å². The van der Waals surface area contributed by atoms with E-state index in [2.05, 4.69) is 4.52 Å². The van der Waals surface area contributed by atoms with Crippen LogP contribution in [0, 0.1) is 10.1 Å². The summed E-state index contributed by atoms with van der Waals surface area (Å²) in [5, 5.41) is 10.2. The Balaban J connectivity index is 0. The van der Waals surface area contributed by atoms with Gasteiger partial charge in [0.15, 0.2) is 0 Å². The normalized spacial score (nSPS) is 9.62. The molecule has 0 amide bonds. The Bertz CT molecular complexity index is 391. The van der Waals surface area contributed by atoms with Gasteiger partial charge in [-0.3, -0.25) is 10.1 Å². The summed E-state index contributed by atoms with van der Waals surface area (Å²) in [6, 6.07) is 4.12. The number of benzene rings is 1. The molecule has 10 heteroatoms. The number of nitrogens with zero attached hydrogens (tertiary/aromatic N) is 1. The van der Waals surface area contributed by atoms with Gasteiger partial charge in [-0.15, -0.1) is 0 Å². The van der Waals surface area contributed by atoms with Gasteiger partial charge >= 0.3 is 46.1 Å². The number of hydrogen-bond donors (Lipinski definition) is 0. The molecule has 16 heavy (non-hydrogen) atoms. The Morgan fingerprint density at radius 1 is 1.12 bits per heavy atom. The summed E-state index contributed by atoms with van der Waals surface area (Å²) < 4.78 is 14.1. The van der Waals surface area contributed by atoms with Gasteiger partial charge in [0.25, 0.3) is 5.69 Å². The first-order chi connectivity index (χ1) is 6.38. The minimum absolute atomic E-state index is 0. The van der Waals surface area contributed by atoms with Crippen LogP contribution >= 0.6 is 7.82 Å². The van der Waals surface area contributed by atoms with Crippen LogP contribution in [-0.4, -0.2) is 51.0 Å². The van der Waals surface area contributed by atoms with Crippen LogP contribution in [0.2, 0.25) is 0 Å². The Morgan fingerprint density at radius 3 is 1.88 bits per heavy atom. The van der Waals surface area contributed by atoms with Crippen LogP contribution in [0.15, 0.2) is 24.3 Å². The number of hydrogen-bond acceptors (Lipinski definition) is 6. The summed E-state index contributed by atoms with van der Waals surface area (Å²) in [5.74, 6) is -0.246. The molecular weight excluding hydrogens is 262 g/mol. The molecule has 1 aromatic rings. The minimum Gasteiger partial charge on any atom is -0.780 e. The summed E-state index contributed by atoms with van der Waals surface area (Å²) in [6.07, 6.45) is 0. The van der Waals surface area contributed by atoms with Gasteiger partial charge in [-0.25, -0.2) is 0 Å². The standard InChI is InChI=1S/C6H6NO6P.2Mg/c8-7(9)5-1-3-6(4-2-5)13-14(10,11)12;;/h1-4H,(H2,10,11,12);;/q;2*+2/p-2. The average Bonchev–Trinajstić information content (AvgIpc) is 2.02. The zero-order valence-corrected chi connectivity index (χ0v) is 11.8. The van der Waals surface area contributed by atoms with Crippen molar-refractivity contribution < 1.29 is 23.8 Å². The van der Waals surface area contributed by atoms with Crippen LogP contribution in [0.3, 0.4) is 0 Å². The van der Waals surface area contributed by atoms with Gasteiger partial charge < -0.3 is 18.9 Å². The summed E-state index contributed by atoms with van der Waals surface area (Å²) in [6.45, 7) is 0. The second-order valence-corrected chi connectivity index (χ2v) is 3.37. The van der Waals surface area contributed by atoms with E-state index in [0.29, 0.717) is 0 Å². The Kier molecular flexibility index (Phi) is 8.58. The monoisotopic (exact) mass is 265 g/mol. The van der Waals surface area contributed by atoms with Gasteiger partial charge in [0.1, 0.15) is 13.6 Å². The molecule has 0 aliphatic rings. The summed E-state index contributed by atoms with van der Waals surface area (Å²) in [5.41, 5.74) is -0.219. The van der Waals surface area contributed by atoms with Crippen LogP contribution in [0.25, 0.3) is 0 Å². The van der Waals surface area contributed by atoms with Crippen LogP contribution in [0.1, 0.15) is 0 Å². The van der Waals surface area contributed by atoms with E-state index in [9.17, 15) is 24.5 Å². The SMILES string of the molecule is O=[N+]([O-])c1ccc(OP(=O)([O-])[O-])cc1.[Mg+2].[Mg+2]. The van der Waals surface area contributed by atoms with Crippen molar-refractivity contribution in [2.45, 2.75) is 0 Å². The first-order valence-electron chi connectivity index (χ1n) is 3.34. The van der Waals surface area contributed by atoms with Crippen molar-refractivity contribution in [1.29, 1.82) is 0 Å². The fourth-order valence-electron chi connectivity index (χ4n) is 0.758. The quantitative estimate of drug-likeness (QED) is 0.301. The van der Waals surface area contributed by atoms with Crippen LogP contribution in [0.5, 0.6) is 5.75 Å². The molecule has 76 valence electrons. The Labute approximate surface area is 123 Å². The third-order valence-corrected chi connectivity index (χ3v) is 1.70. The molecule has 0 heterocycles. The van der Waals surface area contributed by atoms with E-state index in [1.165, 1.54) is 0 Å². The molecular formula is C6H4Mg2NO6P+2. The van der Waals surface area contributed by atoms with Crippen LogP contribution < -0.4 is 14.3 Å². The molecule has 0 aromatic heterocycles. The number of rotatable bonds is 3. The second-order valence-electron chi connectivity index (χ2n) is 2.29. The molecule has 0 saturated heterocycles. The zero-order chi connectivity index (χ0) is 10.8. The first kappa shape index (κ1) is 18.5. The molecule has 0 atom stereocenters. The first-order valence-corrected chi connectivity index (χ1v) is 4.81. The molecule has 0 saturated carbocycles. The number of nitro benzene ring substituents is 1. The van der Waals surface area contributed by atoms with E-state index in [1.54, 1.807) is 0 Å². The molecule has 0 fully saturated rings. The predicted octanol–water partition coefficient (Wildman–Crippen LogP) is -0.959. The van der Waals surface area contributed by atoms with E-state index in [0.717, 1.165) is 24.3 Å². The van der Waals surface area contributed by atoms with Crippen molar-refractivity contribution in [1.82, 2.24) is 0 Å². The maximum absolute atomic E-state index is 10.2. The van der Waals surface area contributed by atoms with E-state index < -0.39 is 12.7 Å². The molecule has 0 unspecified atom stereocenters. The third-order valence-electron chi connectivity index (χ3n) is 1.26. The Hall–Kier alpha value is 0.102. The van der Waals surface area contributed by atoms with Gasteiger partial charge in [-0.2, -0.15) is 0 Å². The minimum atomic E-state index is -5.10. The van der Waals surface area contributed by atoms with E-state index >= 15 is 0 Å². The van der Waals surface area contributed by atoms with Gasteiger partial charge in [0, 0.05) is 12.1 Å². The third kappa shape index (κ3) is 6.63. The van der Waals surface area contributed by atoms with Gasteiger partial charge in [-0.05, 0) is 12.1 Å². The van der Waals surface area contributed by atoms with E-state index in [4.69, 9.17) is 0 Å². The summed E-state index contributed by atoms with van der Waals surface area (Å²) >= 11 is 0. The largest absolute Gasteiger partial charge is 2.00 e. The molecule has 1 rings (SSSR count). The molecule has 0 aliphatic heterocycles. The van der Waals surface area contributed by atoms with Crippen molar-refractivity contribution in [3.05, 3.63) is 34.4 Å². The maximum atomic E-state index is 10.2. The fraction of sp³-hybridized carbons (Fsp3) is 0. The van der Waals surface area contributed by atoms with E-state index in [-0.39, 0.29) is 57.5 Å². The molecule has 0 N–H and O–H groups in total. The number of phosphoric ester groups is 1. The molecule has 7 nitrogen and oxygen atoms in total. The van der Waals surface area contributed by atoms with Gasteiger partial charge in [0.2, 0.25) is 0 Å². The van der Waals surface area contributed by atoms with Gasteiger partial charge in [-0.1, -0.05) is 0 Å². The average molecular weight is 266 g/mol. The second kappa shape index (κ2) is 7.43. The van der Waals surface area contributed by atoms with Crippen molar-refractivity contribution in [2.75, 3.05) is 0 Å². The number of non-ortho nitro benzene ring substituents is 1. The van der Waals surface area contributed by atoms with Crippen molar-refractivity contribution in [2.24, 2.45) is 0 Å². The predicted molar refractivity (Wildman–Crippen MR) is 52.8 cm³/mol. The summed E-state index contributed by atoms with van der Waals surface area (Å²) in [7, 11) is -5.10. The van der Waals surface area contributed by atoms with E-state index in [1.807, 2.05) is 0 Å². The molecule has 0 bridgehead atoms. The topological polar surface area (TPSA) is 116 Å². The van der Waals surface area contributed by atoms with Crippen LogP contribution in [-0.2, 0) is 4.57 Å². The van der Waals surface area contributed by atoms with Crippen molar-refractivity contribution in [3.8, 4) is 5.75 Å². The number of phosphoric acid groups is 1. The smallest absolute Gasteiger partial charge is 0.780 e. The molecule has 0 radical (unpaired) electrons. The number of nitro groups is 1. The maximum Gasteiger partial charge on any atom is 2.00 e. The van der Waals surface area contributed by atoms with Crippen LogP contribution in [0.4, 0.5) is 5.69 Å². The molecule has 1 aromatic carbocycles.